The molecule has 1 amide bonds. The van der Waals surface area contributed by atoms with Crippen LogP contribution in [0.1, 0.15) is 56.7 Å². The van der Waals surface area contributed by atoms with E-state index in [1.54, 1.807) is 0 Å². The Balaban J connectivity index is 2.37. The normalized spacial score (nSPS) is 16.8. The van der Waals surface area contributed by atoms with E-state index in [0.29, 0.717) is 5.56 Å². The minimum atomic E-state index is -1.62. The van der Waals surface area contributed by atoms with Crippen LogP contribution in [0.5, 0.6) is 0 Å². The van der Waals surface area contributed by atoms with E-state index < -0.39 is 7.26 Å². The molecular formula is C20H31N2OP. The second-order valence-electron chi connectivity index (χ2n) is 7.33. The Morgan fingerprint density at radius 3 is 2.00 bits per heavy atom. The maximum atomic E-state index is 13.4. The molecular weight excluding hydrogens is 315 g/mol. The van der Waals surface area contributed by atoms with Crippen molar-refractivity contribution in [2.75, 3.05) is 23.8 Å². The van der Waals surface area contributed by atoms with E-state index in [2.05, 4.69) is 32.2 Å². The quantitative estimate of drug-likeness (QED) is 0.749. The van der Waals surface area contributed by atoms with Gasteiger partial charge in [0, 0.05) is 0 Å². The summed E-state index contributed by atoms with van der Waals surface area (Å²) in [6, 6.07) is 5.91. The van der Waals surface area contributed by atoms with E-state index in [9.17, 15) is 4.79 Å². The number of rotatable bonds is 6. The molecule has 0 atom stereocenters. The van der Waals surface area contributed by atoms with Crippen LogP contribution >= 0.6 is 7.26 Å². The first-order valence-electron chi connectivity index (χ1n) is 9.22. The molecule has 1 saturated carbocycles. The van der Waals surface area contributed by atoms with Crippen LogP contribution in [0.15, 0.2) is 12.1 Å². The van der Waals surface area contributed by atoms with E-state index in [-0.39, 0.29) is 11.1 Å². The van der Waals surface area contributed by atoms with Gasteiger partial charge in [-0.1, -0.05) is 0 Å². The first-order valence-corrected chi connectivity index (χ1v) is 11.8. The van der Waals surface area contributed by atoms with Gasteiger partial charge in [0.15, 0.2) is 0 Å². The number of nitrogens with one attached hydrogen (secondary N) is 1. The van der Waals surface area contributed by atoms with Crippen LogP contribution in [0.25, 0.3) is 0 Å². The van der Waals surface area contributed by atoms with Gasteiger partial charge in [-0.25, -0.2) is 0 Å². The summed E-state index contributed by atoms with van der Waals surface area (Å²) >= 11 is 0. The second kappa shape index (κ2) is 7.24. The van der Waals surface area contributed by atoms with Crippen LogP contribution in [0, 0.1) is 25.2 Å². The van der Waals surface area contributed by atoms with Crippen molar-refractivity contribution < 1.29 is 4.79 Å². The molecule has 24 heavy (non-hydrogen) atoms. The third-order valence-electron chi connectivity index (χ3n) is 6.59. The van der Waals surface area contributed by atoms with Crippen LogP contribution in [0.2, 0.25) is 0 Å². The zero-order valence-corrected chi connectivity index (χ0v) is 16.8. The fourth-order valence-electron chi connectivity index (χ4n) is 4.75. The van der Waals surface area contributed by atoms with E-state index >= 15 is 0 Å². The van der Waals surface area contributed by atoms with Crippen molar-refractivity contribution in [3.05, 3.63) is 28.8 Å². The fourth-order valence-corrected chi connectivity index (χ4v) is 10.2. The Morgan fingerprint density at radius 2 is 1.67 bits per heavy atom. The number of carbonyl (C=O) groups excluding carboxylic acids is 1. The first-order chi connectivity index (χ1) is 11.4. The molecule has 1 N–H and O–H groups in total. The zero-order valence-electron chi connectivity index (χ0n) is 15.8. The number of amides is 1. The SMILES string of the molecule is CC[PH](CC)(CC)C1(C(=O)Nc2c(C)cc(C#N)cc2C)CCC1. The van der Waals surface area contributed by atoms with Gasteiger partial charge in [-0.3, -0.25) is 0 Å². The third kappa shape index (κ3) is 2.86. The topological polar surface area (TPSA) is 52.9 Å². The summed E-state index contributed by atoms with van der Waals surface area (Å²) in [5.41, 5.74) is 3.51. The van der Waals surface area contributed by atoms with Gasteiger partial charge in [0.05, 0.1) is 0 Å². The second-order valence-corrected chi connectivity index (χ2v) is 13.0. The van der Waals surface area contributed by atoms with Crippen LogP contribution in [-0.2, 0) is 4.79 Å². The molecule has 1 aliphatic rings. The van der Waals surface area contributed by atoms with Crippen molar-refractivity contribution in [3.63, 3.8) is 0 Å². The molecule has 0 bridgehead atoms. The molecule has 2 rings (SSSR count). The van der Waals surface area contributed by atoms with Crippen molar-refractivity contribution in [2.45, 2.75) is 59.0 Å². The van der Waals surface area contributed by atoms with Gasteiger partial charge < -0.3 is 0 Å². The van der Waals surface area contributed by atoms with Gasteiger partial charge in [-0.15, -0.1) is 0 Å². The van der Waals surface area contributed by atoms with Crippen LogP contribution in [0.3, 0.4) is 0 Å². The number of hydrogen-bond acceptors (Lipinski definition) is 2. The van der Waals surface area contributed by atoms with Gasteiger partial charge in [0.25, 0.3) is 0 Å². The van der Waals surface area contributed by atoms with Crippen molar-refractivity contribution in [1.29, 1.82) is 5.26 Å². The summed E-state index contributed by atoms with van der Waals surface area (Å²) < 4.78 is 0. The summed E-state index contributed by atoms with van der Waals surface area (Å²) in [6.07, 6.45) is 6.81. The fraction of sp³-hybridized carbons (Fsp3) is 0.600. The standard InChI is InChI=1S/C20H31N2OP/c1-6-24(7-2,8-3)20(10-9-11-20)19(23)22-18-15(4)12-17(14-21)13-16(18)5/h12-13,24H,6-11H2,1-5H3,(H,22,23). The number of nitriles is 1. The van der Waals surface area contributed by atoms with Crippen LogP contribution in [-0.4, -0.2) is 29.5 Å². The minimum absolute atomic E-state index is 0.0992. The third-order valence-corrected chi connectivity index (χ3v) is 13.4. The summed E-state index contributed by atoms with van der Waals surface area (Å²) in [5.74, 6) is 0.238. The average molecular weight is 346 g/mol. The molecule has 0 aromatic heterocycles. The number of anilines is 1. The van der Waals surface area contributed by atoms with Gasteiger partial charge in [-0.05, 0) is 0 Å². The van der Waals surface area contributed by atoms with Crippen molar-refractivity contribution in [2.24, 2.45) is 0 Å². The van der Waals surface area contributed by atoms with Gasteiger partial charge >= 0.3 is 147 Å². The van der Waals surface area contributed by atoms with Gasteiger partial charge in [0.1, 0.15) is 0 Å². The molecule has 1 fully saturated rings. The molecule has 0 spiro atoms. The molecule has 0 unspecified atom stereocenters. The number of nitrogens with zero attached hydrogens (tertiary/aromatic N) is 1. The number of carbonyl (C=O) groups is 1. The Hall–Kier alpha value is -1.39. The summed E-state index contributed by atoms with van der Waals surface area (Å²) in [7, 11) is -1.62. The molecule has 0 saturated heterocycles. The predicted octanol–water partition coefficient (Wildman–Crippen LogP) is 4.85. The Morgan fingerprint density at radius 1 is 1.17 bits per heavy atom. The number of benzene rings is 1. The van der Waals surface area contributed by atoms with Gasteiger partial charge in [-0.2, -0.15) is 0 Å². The Kier molecular flexibility index (Phi) is 5.71. The average Bonchev–Trinajstić information content (AvgIpc) is 2.53. The maximum absolute atomic E-state index is 13.4. The zero-order chi connectivity index (χ0) is 18.0. The summed E-state index contributed by atoms with van der Waals surface area (Å²) in [5, 5.41) is 12.3. The summed E-state index contributed by atoms with van der Waals surface area (Å²) in [4.78, 5) is 13.4. The van der Waals surface area contributed by atoms with E-state index in [1.165, 1.54) is 24.9 Å². The number of aryl methyl sites for hydroxylation is 2. The molecule has 0 aliphatic heterocycles. The van der Waals surface area contributed by atoms with Crippen LogP contribution in [0.4, 0.5) is 5.69 Å². The molecule has 3 nitrogen and oxygen atoms in total. The van der Waals surface area contributed by atoms with Crippen molar-refractivity contribution in [1.82, 2.24) is 0 Å². The van der Waals surface area contributed by atoms with E-state index in [1.807, 2.05) is 26.0 Å². The van der Waals surface area contributed by atoms with Crippen molar-refractivity contribution >= 4 is 18.9 Å². The molecule has 1 aromatic carbocycles. The van der Waals surface area contributed by atoms with E-state index in [4.69, 9.17) is 5.26 Å². The predicted molar refractivity (Wildman–Crippen MR) is 106 cm³/mol. The molecule has 132 valence electrons. The summed E-state index contributed by atoms with van der Waals surface area (Å²) in [6.45, 7) is 10.8. The number of hydrogen-bond donors (Lipinski definition) is 1. The Labute approximate surface area is 147 Å². The Bertz CT molecular complexity index is 635. The molecule has 0 heterocycles. The van der Waals surface area contributed by atoms with Crippen molar-refractivity contribution in [3.8, 4) is 6.07 Å². The molecule has 4 heteroatoms. The monoisotopic (exact) mass is 346 g/mol. The first kappa shape index (κ1) is 18.9. The van der Waals surface area contributed by atoms with E-state index in [0.717, 1.165) is 29.7 Å². The molecule has 1 aliphatic carbocycles. The van der Waals surface area contributed by atoms with Gasteiger partial charge in [0.2, 0.25) is 0 Å². The molecule has 0 radical (unpaired) electrons. The van der Waals surface area contributed by atoms with Crippen LogP contribution < -0.4 is 5.32 Å². The molecule has 1 aromatic rings.